The third-order valence-electron chi connectivity index (χ3n) is 5.40. The van der Waals surface area contributed by atoms with Crippen LogP contribution in [0.1, 0.15) is 16.8 Å². The molecule has 0 bridgehead atoms. The zero-order chi connectivity index (χ0) is 17.3. The molecule has 26 heavy (non-hydrogen) atoms. The van der Waals surface area contributed by atoms with Crippen molar-refractivity contribution in [2.75, 3.05) is 6.54 Å². The lowest BCUT2D eigenvalue weighted by molar-refractivity contribution is 0.245. The SMILES string of the molecule is c1ccc(CN2CCc3c(c4ccccc4n3-c3ccccc3)C2)cc1. The third kappa shape index (κ3) is 2.63. The normalized spacial score (nSPS) is 14.5. The highest BCUT2D eigenvalue weighted by molar-refractivity contribution is 5.87. The maximum Gasteiger partial charge on any atom is 0.0534 e. The fourth-order valence-electron chi connectivity index (χ4n) is 4.21. The van der Waals surface area contributed by atoms with Crippen LogP contribution in [0.25, 0.3) is 16.6 Å². The lowest BCUT2D eigenvalue weighted by atomic mass is 10.0. The summed E-state index contributed by atoms with van der Waals surface area (Å²) in [4.78, 5) is 2.57. The van der Waals surface area contributed by atoms with Gasteiger partial charge in [0.2, 0.25) is 0 Å². The quantitative estimate of drug-likeness (QED) is 0.499. The molecule has 1 aliphatic heterocycles. The van der Waals surface area contributed by atoms with Crippen LogP contribution in [0.5, 0.6) is 0 Å². The van der Waals surface area contributed by atoms with Crippen LogP contribution in [0, 0.1) is 0 Å². The van der Waals surface area contributed by atoms with Crippen LogP contribution in [0.15, 0.2) is 84.9 Å². The lowest BCUT2D eigenvalue weighted by Gasteiger charge is -2.28. The van der Waals surface area contributed by atoms with Crippen molar-refractivity contribution in [3.8, 4) is 5.69 Å². The summed E-state index contributed by atoms with van der Waals surface area (Å²) >= 11 is 0. The second kappa shape index (κ2) is 6.47. The van der Waals surface area contributed by atoms with Gasteiger partial charge in [-0.1, -0.05) is 66.7 Å². The largest absolute Gasteiger partial charge is 0.313 e. The van der Waals surface area contributed by atoms with Crippen molar-refractivity contribution in [1.82, 2.24) is 9.47 Å². The minimum atomic E-state index is 1.02. The summed E-state index contributed by atoms with van der Waals surface area (Å²) in [7, 11) is 0. The van der Waals surface area contributed by atoms with E-state index < -0.39 is 0 Å². The van der Waals surface area contributed by atoms with Gasteiger partial charge in [-0.15, -0.1) is 0 Å². The molecule has 0 saturated carbocycles. The van der Waals surface area contributed by atoms with E-state index >= 15 is 0 Å². The van der Waals surface area contributed by atoms with Gasteiger partial charge in [-0.3, -0.25) is 4.90 Å². The minimum Gasteiger partial charge on any atom is -0.313 e. The van der Waals surface area contributed by atoms with Gasteiger partial charge in [0, 0.05) is 42.8 Å². The predicted octanol–water partition coefficient (Wildman–Crippen LogP) is 5.19. The van der Waals surface area contributed by atoms with Crippen molar-refractivity contribution in [1.29, 1.82) is 0 Å². The van der Waals surface area contributed by atoms with Gasteiger partial charge in [0.1, 0.15) is 0 Å². The first kappa shape index (κ1) is 15.4. The van der Waals surface area contributed by atoms with E-state index in [-0.39, 0.29) is 0 Å². The molecule has 128 valence electrons. The zero-order valence-electron chi connectivity index (χ0n) is 14.8. The molecule has 0 saturated heterocycles. The molecule has 0 fully saturated rings. The van der Waals surface area contributed by atoms with E-state index in [1.165, 1.54) is 33.4 Å². The number of aromatic nitrogens is 1. The maximum atomic E-state index is 2.57. The topological polar surface area (TPSA) is 8.17 Å². The van der Waals surface area contributed by atoms with Crippen LogP contribution in [0.2, 0.25) is 0 Å². The molecule has 1 aliphatic rings. The molecular formula is C24H22N2. The van der Waals surface area contributed by atoms with Crippen LogP contribution in [0.3, 0.4) is 0 Å². The highest BCUT2D eigenvalue weighted by Crippen LogP contribution is 2.33. The molecule has 3 aromatic carbocycles. The van der Waals surface area contributed by atoms with Gasteiger partial charge in [-0.2, -0.15) is 0 Å². The predicted molar refractivity (Wildman–Crippen MR) is 108 cm³/mol. The van der Waals surface area contributed by atoms with Crippen LogP contribution in [-0.4, -0.2) is 16.0 Å². The summed E-state index contributed by atoms with van der Waals surface area (Å²) in [5.74, 6) is 0. The molecule has 4 aromatic rings. The average Bonchev–Trinajstić information content (AvgIpc) is 3.03. The fraction of sp³-hybridized carbons (Fsp3) is 0.167. The Balaban J connectivity index is 1.57. The first-order chi connectivity index (χ1) is 12.9. The van der Waals surface area contributed by atoms with Crippen LogP contribution in [-0.2, 0) is 19.5 Å². The monoisotopic (exact) mass is 338 g/mol. The summed E-state index contributed by atoms with van der Waals surface area (Å²) in [5.41, 5.74) is 6.95. The first-order valence-electron chi connectivity index (χ1n) is 9.33. The Labute approximate surface area is 154 Å². The van der Waals surface area contributed by atoms with Gasteiger partial charge in [-0.25, -0.2) is 0 Å². The molecule has 0 unspecified atom stereocenters. The number of nitrogens with zero attached hydrogens (tertiary/aromatic N) is 2. The Morgan fingerprint density at radius 1 is 0.731 bits per heavy atom. The number of rotatable bonds is 3. The molecule has 2 nitrogen and oxygen atoms in total. The van der Waals surface area contributed by atoms with Crippen LogP contribution >= 0.6 is 0 Å². The average molecular weight is 338 g/mol. The maximum absolute atomic E-state index is 2.57. The third-order valence-corrected chi connectivity index (χ3v) is 5.40. The molecule has 0 atom stereocenters. The summed E-state index contributed by atoms with van der Waals surface area (Å²) in [6.45, 7) is 3.14. The fourth-order valence-corrected chi connectivity index (χ4v) is 4.21. The van der Waals surface area contributed by atoms with Gasteiger partial charge >= 0.3 is 0 Å². The second-order valence-electron chi connectivity index (χ2n) is 7.06. The van der Waals surface area contributed by atoms with E-state index in [0.717, 1.165) is 26.1 Å². The molecule has 0 amide bonds. The summed E-state index contributed by atoms with van der Waals surface area (Å²) in [5, 5.41) is 1.39. The van der Waals surface area contributed by atoms with E-state index in [0.29, 0.717) is 0 Å². The number of benzene rings is 3. The Morgan fingerprint density at radius 2 is 1.42 bits per heavy atom. The van der Waals surface area contributed by atoms with Crippen molar-refractivity contribution in [2.45, 2.75) is 19.5 Å². The number of hydrogen-bond acceptors (Lipinski definition) is 1. The van der Waals surface area contributed by atoms with E-state index in [4.69, 9.17) is 0 Å². The van der Waals surface area contributed by atoms with Crippen molar-refractivity contribution in [3.05, 3.63) is 102 Å². The molecule has 0 aliphatic carbocycles. The lowest BCUT2D eigenvalue weighted by Crippen LogP contribution is -2.30. The van der Waals surface area contributed by atoms with Gasteiger partial charge < -0.3 is 4.57 Å². The van der Waals surface area contributed by atoms with Crippen molar-refractivity contribution >= 4 is 10.9 Å². The highest BCUT2D eigenvalue weighted by Gasteiger charge is 2.24. The molecule has 0 spiro atoms. The molecule has 5 rings (SSSR count). The second-order valence-corrected chi connectivity index (χ2v) is 7.06. The van der Waals surface area contributed by atoms with Crippen molar-refractivity contribution in [3.63, 3.8) is 0 Å². The Bertz CT molecular complexity index is 1030. The molecule has 2 heterocycles. The van der Waals surface area contributed by atoms with Crippen LogP contribution < -0.4 is 0 Å². The number of hydrogen-bond donors (Lipinski definition) is 0. The van der Waals surface area contributed by atoms with Crippen molar-refractivity contribution < 1.29 is 0 Å². The van der Waals surface area contributed by atoms with Gasteiger partial charge in [-0.05, 0) is 29.3 Å². The number of fused-ring (bicyclic) bond motifs is 3. The van der Waals surface area contributed by atoms with Gasteiger partial charge in [0.25, 0.3) is 0 Å². The molecule has 0 N–H and O–H groups in total. The summed E-state index contributed by atoms with van der Waals surface area (Å²) in [6.07, 6.45) is 1.09. The van der Waals surface area contributed by atoms with Crippen LogP contribution in [0.4, 0.5) is 0 Å². The van der Waals surface area contributed by atoms with E-state index in [1.54, 1.807) is 0 Å². The smallest absolute Gasteiger partial charge is 0.0534 e. The van der Waals surface area contributed by atoms with E-state index in [9.17, 15) is 0 Å². The molecular weight excluding hydrogens is 316 g/mol. The minimum absolute atomic E-state index is 1.02. The Hall–Kier alpha value is -2.84. The first-order valence-corrected chi connectivity index (χ1v) is 9.33. The molecule has 2 heteroatoms. The Kier molecular flexibility index (Phi) is 3.84. The van der Waals surface area contributed by atoms with E-state index in [2.05, 4.69) is 94.4 Å². The zero-order valence-corrected chi connectivity index (χ0v) is 14.8. The van der Waals surface area contributed by atoms with Crippen molar-refractivity contribution in [2.24, 2.45) is 0 Å². The van der Waals surface area contributed by atoms with E-state index in [1.807, 2.05) is 0 Å². The highest BCUT2D eigenvalue weighted by atomic mass is 15.1. The standard InChI is InChI=1S/C24H22N2/c1-3-9-19(10-4-1)17-25-16-15-24-22(18-25)21-13-7-8-14-23(21)26(24)20-11-5-2-6-12-20/h1-14H,15-18H2. The summed E-state index contributed by atoms with van der Waals surface area (Å²) < 4.78 is 2.46. The molecule has 1 aromatic heterocycles. The molecule has 0 radical (unpaired) electrons. The number of para-hydroxylation sites is 2. The van der Waals surface area contributed by atoms with Gasteiger partial charge in [0.05, 0.1) is 5.52 Å². The van der Waals surface area contributed by atoms with Gasteiger partial charge in [0.15, 0.2) is 0 Å². The summed E-state index contributed by atoms with van der Waals surface area (Å²) in [6, 6.07) is 30.4. The Morgan fingerprint density at radius 3 is 2.23 bits per heavy atom.